The SMILES string of the molecule is CC1(C)COCC(CNc2nc(-c3cc(NC(=O)C4CCCNC4)ncc3Cl)cnc2F)O1. The third-order valence-corrected chi connectivity index (χ3v) is 5.82. The Morgan fingerprint density at radius 3 is 2.97 bits per heavy atom. The number of halogens is 2. The molecular weight excluding hydrogens is 451 g/mol. The number of nitrogens with one attached hydrogen (secondary N) is 3. The van der Waals surface area contributed by atoms with Crippen molar-refractivity contribution in [2.45, 2.75) is 38.4 Å². The van der Waals surface area contributed by atoms with Gasteiger partial charge in [-0.15, -0.1) is 0 Å². The van der Waals surface area contributed by atoms with Crippen LogP contribution in [0.2, 0.25) is 5.02 Å². The van der Waals surface area contributed by atoms with Gasteiger partial charge in [-0.1, -0.05) is 11.6 Å². The average molecular weight is 479 g/mol. The van der Waals surface area contributed by atoms with E-state index in [-0.39, 0.29) is 23.7 Å². The number of ether oxygens (including phenoxy) is 2. The molecule has 4 heterocycles. The van der Waals surface area contributed by atoms with E-state index < -0.39 is 11.5 Å². The third-order valence-electron chi connectivity index (χ3n) is 5.51. The maximum absolute atomic E-state index is 14.3. The molecule has 1 amide bonds. The van der Waals surface area contributed by atoms with Crippen molar-refractivity contribution in [3.63, 3.8) is 0 Å². The number of carbonyl (C=O) groups is 1. The van der Waals surface area contributed by atoms with Crippen molar-refractivity contribution in [3.05, 3.63) is 29.4 Å². The van der Waals surface area contributed by atoms with E-state index in [1.165, 1.54) is 12.4 Å². The summed E-state index contributed by atoms with van der Waals surface area (Å²) in [6.07, 6.45) is 4.25. The number of nitrogens with zero attached hydrogens (tertiary/aromatic N) is 3. The van der Waals surface area contributed by atoms with Crippen LogP contribution in [-0.4, -0.2) is 65.4 Å². The molecule has 0 aliphatic carbocycles. The van der Waals surface area contributed by atoms with Gasteiger partial charge in [0.15, 0.2) is 5.82 Å². The number of pyridine rings is 1. The lowest BCUT2D eigenvalue weighted by molar-refractivity contribution is -0.177. The van der Waals surface area contributed by atoms with E-state index in [4.69, 9.17) is 21.1 Å². The number of piperidine rings is 1. The molecular formula is C22H28ClFN6O3. The zero-order valence-corrected chi connectivity index (χ0v) is 19.4. The number of carbonyl (C=O) groups excluding carboxylic acids is 1. The number of hydrogen-bond acceptors (Lipinski definition) is 8. The Bertz CT molecular complexity index is 1000. The molecule has 0 aromatic carbocycles. The zero-order chi connectivity index (χ0) is 23.4. The second-order valence-corrected chi connectivity index (χ2v) is 9.28. The molecule has 2 aliphatic heterocycles. The van der Waals surface area contributed by atoms with Gasteiger partial charge in [-0.2, -0.15) is 4.39 Å². The van der Waals surface area contributed by atoms with E-state index in [9.17, 15) is 9.18 Å². The molecule has 2 aliphatic rings. The first-order valence-corrected chi connectivity index (χ1v) is 11.4. The van der Waals surface area contributed by atoms with Crippen molar-refractivity contribution in [3.8, 4) is 11.3 Å². The lowest BCUT2D eigenvalue weighted by atomic mass is 9.99. The molecule has 2 fully saturated rings. The van der Waals surface area contributed by atoms with Crippen molar-refractivity contribution >= 4 is 29.1 Å². The van der Waals surface area contributed by atoms with Crippen LogP contribution in [0.4, 0.5) is 16.0 Å². The van der Waals surface area contributed by atoms with E-state index in [0.717, 1.165) is 19.4 Å². The van der Waals surface area contributed by atoms with Gasteiger partial charge in [0.05, 0.1) is 47.8 Å². The van der Waals surface area contributed by atoms with Gasteiger partial charge in [0, 0.05) is 24.8 Å². The van der Waals surface area contributed by atoms with Gasteiger partial charge in [-0.25, -0.2) is 15.0 Å². The maximum atomic E-state index is 14.3. The van der Waals surface area contributed by atoms with Crippen molar-refractivity contribution in [2.75, 3.05) is 43.5 Å². The van der Waals surface area contributed by atoms with Gasteiger partial charge in [-0.05, 0) is 39.3 Å². The lowest BCUT2D eigenvalue weighted by Gasteiger charge is -2.35. The van der Waals surface area contributed by atoms with Crippen LogP contribution in [0.1, 0.15) is 26.7 Å². The van der Waals surface area contributed by atoms with Crippen LogP contribution >= 0.6 is 11.6 Å². The molecule has 0 spiro atoms. The molecule has 2 unspecified atom stereocenters. The Balaban J connectivity index is 1.48. The quantitative estimate of drug-likeness (QED) is 0.581. The second-order valence-electron chi connectivity index (χ2n) is 8.87. The molecule has 0 radical (unpaired) electrons. The van der Waals surface area contributed by atoms with Gasteiger partial charge < -0.3 is 25.4 Å². The Labute approximate surface area is 196 Å². The first-order valence-electron chi connectivity index (χ1n) is 11.0. The molecule has 3 N–H and O–H groups in total. The monoisotopic (exact) mass is 478 g/mol. The van der Waals surface area contributed by atoms with Crippen LogP contribution in [0.25, 0.3) is 11.3 Å². The van der Waals surface area contributed by atoms with Crippen LogP contribution < -0.4 is 16.0 Å². The third kappa shape index (κ3) is 6.14. The molecule has 2 atom stereocenters. The van der Waals surface area contributed by atoms with E-state index in [1.54, 1.807) is 6.07 Å². The molecule has 4 rings (SSSR count). The topological polar surface area (TPSA) is 110 Å². The predicted octanol–water partition coefficient (Wildman–Crippen LogP) is 2.88. The minimum absolute atomic E-state index is 0.0220. The lowest BCUT2D eigenvalue weighted by Crippen LogP contribution is -2.45. The van der Waals surface area contributed by atoms with Gasteiger partial charge >= 0.3 is 0 Å². The Morgan fingerprint density at radius 1 is 1.36 bits per heavy atom. The molecule has 178 valence electrons. The van der Waals surface area contributed by atoms with Crippen LogP contribution in [0.15, 0.2) is 18.5 Å². The minimum Gasteiger partial charge on any atom is -0.376 e. The molecule has 2 aromatic rings. The number of rotatable bonds is 6. The molecule has 2 aromatic heterocycles. The summed E-state index contributed by atoms with van der Waals surface area (Å²) in [6.45, 7) is 6.64. The first-order chi connectivity index (χ1) is 15.8. The van der Waals surface area contributed by atoms with Crippen LogP contribution in [-0.2, 0) is 14.3 Å². The van der Waals surface area contributed by atoms with Gasteiger partial charge in [-0.3, -0.25) is 4.79 Å². The molecule has 11 heteroatoms. The van der Waals surface area contributed by atoms with Gasteiger partial charge in [0.25, 0.3) is 5.95 Å². The summed E-state index contributed by atoms with van der Waals surface area (Å²) < 4.78 is 25.8. The van der Waals surface area contributed by atoms with Crippen molar-refractivity contribution in [1.29, 1.82) is 0 Å². The average Bonchev–Trinajstić information content (AvgIpc) is 2.80. The van der Waals surface area contributed by atoms with Gasteiger partial charge in [0.2, 0.25) is 5.91 Å². The molecule has 9 nitrogen and oxygen atoms in total. The highest BCUT2D eigenvalue weighted by Gasteiger charge is 2.29. The largest absolute Gasteiger partial charge is 0.376 e. The molecule has 33 heavy (non-hydrogen) atoms. The number of amides is 1. The summed E-state index contributed by atoms with van der Waals surface area (Å²) in [6, 6.07) is 1.61. The Morgan fingerprint density at radius 2 is 2.21 bits per heavy atom. The van der Waals surface area contributed by atoms with E-state index in [2.05, 4.69) is 30.9 Å². The van der Waals surface area contributed by atoms with Crippen molar-refractivity contribution in [2.24, 2.45) is 5.92 Å². The summed E-state index contributed by atoms with van der Waals surface area (Å²) >= 11 is 6.33. The summed E-state index contributed by atoms with van der Waals surface area (Å²) in [4.78, 5) is 24.9. The van der Waals surface area contributed by atoms with Crippen LogP contribution in [0.3, 0.4) is 0 Å². The van der Waals surface area contributed by atoms with Crippen molar-refractivity contribution < 1.29 is 18.7 Å². The second kappa shape index (κ2) is 10.3. The number of anilines is 2. The normalized spacial score (nSPS) is 22.5. The molecule has 0 saturated carbocycles. The summed E-state index contributed by atoms with van der Waals surface area (Å²) in [5, 5.41) is 9.31. The fourth-order valence-electron chi connectivity index (χ4n) is 3.89. The Kier molecular flexibility index (Phi) is 7.38. The van der Waals surface area contributed by atoms with Crippen LogP contribution in [0, 0.1) is 11.9 Å². The fraction of sp³-hybridized carbons (Fsp3) is 0.545. The standard InChI is InChI=1S/C22H28ClFN6O3/c1-22(2)12-32-11-14(33-22)8-28-20-19(24)27-10-17(29-20)15-6-18(26-9-16(15)23)30-21(31)13-4-3-5-25-7-13/h6,9-10,13-14,25H,3-5,7-8,11-12H2,1-2H3,(H,28,29)(H,26,30,31). The highest BCUT2D eigenvalue weighted by atomic mass is 35.5. The van der Waals surface area contributed by atoms with E-state index >= 15 is 0 Å². The number of hydrogen-bond donors (Lipinski definition) is 3. The van der Waals surface area contributed by atoms with E-state index in [1.807, 2.05) is 13.8 Å². The van der Waals surface area contributed by atoms with Crippen molar-refractivity contribution in [1.82, 2.24) is 20.3 Å². The Hall–Kier alpha value is -2.40. The zero-order valence-electron chi connectivity index (χ0n) is 18.7. The summed E-state index contributed by atoms with van der Waals surface area (Å²) in [7, 11) is 0. The van der Waals surface area contributed by atoms with Gasteiger partial charge in [0.1, 0.15) is 5.82 Å². The number of aromatic nitrogens is 3. The summed E-state index contributed by atoms with van der Waals surface area (Å²) in [5.74, 6) is -0.629. The molecule has 2 saturated heterocycles. The smallest absolute Gasteiger partial charge is 0.255 e. The highest BCUT2D eigenvalue weighted by molar-refractivity contribution is 6.33. The minimum atomic E-state index is -0.738. The van der Waals surface area contributed by atoms with Crippen LogP contribution in [0.5, 0.6) is 0 Å². The first kappa shape index (κ1) is 23.7. The fourth-order valence-corrected chi connectivity index (χ4v) is 4.09. The summed E-state index contributed by atoms with van der Waals surface area (Å²) in [5.41, 5.74) is 0.426. The van der Waals surface area contributed by atoms with E-state index in [0.29, 0.717) is 48.4 Å². The maximum Gasteiger partial charge on any atom is 0.255 e. The molecule has 0 bridgehead atoms. The predicted molar refractivity (Wildman–Crippen MR) is 123 cm³/mol. The highest BCUT2D eigenvalue weighted by Crippen LogP contribution is 2.29.